The van der Waals surface area contributed by atoms with Crippen LogP contribution < -0.4 is 10.6 Å². The summed E-state index contributed by atoms with van der Waals surface area (Å²) in [5.41, 5.74) is 1.12. The zero-order valence-electron chi connectivity index (χ0n) is 23.6. The molecule has 9 nitrogen and oxygen atoms in total. The van der Waals surface area contributed by atoms with E-state index in [4.69, 9.17) is 4.74 Å². The van der Waals surface area contributed by atoms with Gasteiger partial charge in [-0.1, -0.05) is 37.3 Å². The van der Waals surface area contributed by atoms with Crippen LogP contribution in [0, 0.1) is 13.8 Å². The predicted molar refractivity (Wildman–Crippen MR) is 147 cm³/mol. The number of aliphatic hydroxyl groups is 1. The number of carbonyl (C=O) groups excluding carboxylic acids is 3. The Bertz CT molecular complexity index is 1120. The number of carbonyl (C=O) groups is 3. The molecular formula is C29H41N3O6. The molecule has 9 heteroatoms. The average molecular weight is 528 g/mol. The number of aromatic hydroxyl groups is 1. The van der Waals surface area contributed by atoms with Crippen LogP contribution in [0.5, 0.6) is 5.75 Å². The zero-order valence-corrected chi connectivity index (χ0v) is 23.6. The van der Waals surface area contributed by atoms with Crippen LogP contribution in [0.3, 0.4) is 0 Å². The summed E-state index contributed by atoms with van der Waals surface area (Å²) in [7, 11) is 0. The minimum atomic E-state index is -1.36. The molecule has 2 aromatic rings. The maximum Gasteiger partial charge on any atom is 0.408 e. The Balaban J connectivity index is 2.61. The number of rotatable bonds is 9. The smallest absolute Gasteiger partial charge is 0.408 e. The van der Waals surface area contributed by atoms with Gasteiger partial charge in [-0.25, -0.2) is 4.79 Å². The number of hydrogen-bond donors (Lipinski definition) is 4. The summed E-state index contributed by atoms with van der Waals surface area (Å²) < 4.78 is 5.28. The molecule has 0 aliphatic rings. The molecule has 4 N–H and O–H groups in total. The first-order chi connectivity index (χ1) is 17.6. The van der Waals surface area contributed by atoms with E-state index in [0.29, 0.717) is 17.7 Å². The Morgan fingerprint density at radius 2 is 1.53 bits per heavy atom. The summed E-state index contributed by atoms with van der Waals surface area (Å²) in [6.45, 7) is 13.6. The lowest BCUT2D eigenvalue weighted by Crippen LogP contribution is -2.59. The van der Waals surface area contributed by atoms with Gasteiger partial charge in [0.1, 0.15) is 23.4 Å². The van der Waals surface area contributed by atoms with Gasteiger partial charge in [0, 0.05) is 11.2 Å². The molecule has 0 aliphatic carbocycles. The van der Waals surface area contributed by atoms with Crippen molar-refractivity contribution in [1.82, 2.24) is 10.2 Å². The average Bonchev–Trinajstić information content (AvgIpc) is 2.82. The number of nitrogens with one attached hydrogen (secondary N) is 2. The van der Waals surface area contributed by atoms with Crippen LogP contribution >= 0.6 is 0 Å². The van der Waals surface area contributed by atoms with Gasteiger partial charge in [0.15, 0.2) is 0 Å². The highest BCUT2D eigenvalue weighted by atomic mass is 16.6. The fourth-order valence-corrected chi connectivity index (χ4v) is 4.03. The molecule has 2 rings (SSSR count). The van der Waals surface area contributed by atoms with Crippen molar-refractivity contribution in [3.63, 3.8) is 0 Å². The molecule has 2 unspecified atom stereocenters. The lowest BCUT2D eigenvalue weighted by Gasteiger charge is -2.44. The molecule has 0 radical (unpaired) electrons. The third kappa shape index (κ3) is 7.71. The quantitative estimate of drug-likeness (QED) is 0.378. The molecule has 0 fully saturated rings. The number of alkyl carbamates (subject to hydrolysis) is 1. The van der Waals surface area contributed by atoms with Crippen LogP contribution in [0.15, 0.2) is 42.5 Å². The second kappa shape index (κ2) is 12.3. The van der Waals surface area contributed by atoms with Crippen molar-refractivity contribution in [2.24, 2.45) is 0 Å². The normalized spacial score (nSPS) is 13.3. The van der Waals surface area contributed by atoms with Gasteiger partial charge in [0.05, 0.1) is 6.61 Å². The fraction of sp³-hybridized carbons (Fsp3) is 0.483. The van der Waals surface area contributed by atoms with E-state index < -0.39 is 47.7 Å². The zero-order chi connectivity index (χ0) is 28.8. The topological polar surface area (TPSA) is 128 Å². The number of amides is 3. The van der Waals surface area contributed by atoms with Crippen molar-refractivity contribution >= 4 is 23.6 Å². The molecule has 3 amide bonds. The van der Waals surface area contributed by atoms with Gasteiger partial charge in [-0.15, -0.1) is 0 Å². The second-order valence-electron chi connectivity index (χ2n) is 11.0. The highest BCUT2D eigenvalue weighted by Gasteiger charge is 2.43. The minimum absolute atomic E-state index is 0.00936. The van der Waals surface area contributed by atoms with Crippen LogP contribution in [0.4, 0.5) is 10.5 Å². The van der Waals surface area contributed by atoms with Gasteiger partial charge in [0.25, 0.3) is 5.91 Å². The standard InChI is InChI=1S/C29H41N3O6/c1-9-29(7,8)32(26(36)22(17-33)30-27(37)38-28(4,5)6)24(20-13-15-21(34)16-14-20)25(35)31-23-18(2)11-10-12-19(23)3/h10-16,22,24,33-34H,9,17H2,1-8H3,(H,30,37)(H,31,35). The SMILES string of the molecule is CCC(C)(C)N(C(=O)C(CO)NC(=O)OC(C)(C)C)C(C(=O)Nc1c(C)cccc1C)c1ccc(O)cc1. The number of phenols is 1. The van der Waals surface area contributed by atoms with E-state index >= 15 is 0 Å². The summed E-state index contributed by atoms with van der Waals surface area (Å²) >= 11 is 0. The Morgan fingerprint density at radius 1 is 0.974 bits per heavy atom. The van der Waals surface area contributed by atoms with Crippen LogP contribution in [-0.2, 0) is 14.3 Å². The largest absolute Gasteiger partial charge is 0.508 e. The van der Waals surface area contributed by atoms with Gasteiger partial charge >= 0.3 is 6.09 Å². The number of anilines is 1. The molecule has 0 saturated carbocycles. The third-order valence-electron chi connectivity index (χ3n) is 6.37. The lowest BCUT2D eigenvalue weighted by atomic mass is 9.92. The van der Waals surface area contributed by atoms with Crippen LogP contribution in [0.25, 0.3) is 0 Å². The highest BCUT2D eigenvalue weighted by molar-refractivity contribution is 6.00. The molecule has 2 atom stereocenters. The molecule has 0 aliphatic heterocycles. The number of nitrogens with zero attached hydrogens (tertiary/aromatic N) is 1. The van der Waals surface area contributed by atoms with E-state index in [0.717, 1.165) is 11.1 Å². The Labute approximate surface area is 225 Å². The van der Waals surface area contributed by atoms with Crippen molar-refractivity contribution in [2.75, 3.05) is 11.9 Å². The summed E-state index contributed by atoms with van der Waals surface area (Å²) in [4.78, 5) is 41.9. The first kappa shape index (κ1) is 30.6. The molecule has 2 aromatic carbocycles. The van der Waals surface area contributed by atoms with E-state index in [1.165, 1.54) is 17.0 Å². The molecular weight excluding hydrogens is 486 g/mol. The molecule has 0 bridgehead atoms. The van der Waals surface area contributed by atoms with E-state index in [9.17, 15) is 24.6 Å². The number of phenolic OH excluding ortho intramolecular Hbond substituents is 1. The Hall–Kier alpha value is -3.59. The molecule has 0 spiro atoms. The van der Waals surface area contributed by atoms with Crippen molar-refractivity contribution in [3.05, 3.63) is 59.2 Å². The highest BCUT2D eigenvalue weighted by Crippen LogP contribution is 2.34. The van der Waals surface area contributed by atoms with E-state index in [2.05, 4.69) is 10.6 Å². The number of benzene rings is 2. The first-order valence-corrected chi connectivity index (χ1v) is 12.7. The Morgan fingerprint density at radius 3 is 2.00 bits per heavy atom. The van der Waals surface area contributed by atoms with Gasteiger partial charge < -0.3 is 30.5 Å². The summed E-state index contributed by atoms with van der Waals surface area (Å²) in [6.07, 6.45) is -0.394. The number of aryl methyl sites for hydroxylation is 2. The second-order valence-corrected chi connectivity index (χ2v) is 11.0. The summed E-state index contributed by atoms with van der Waals surface area (Å²) in [5.74, 6) is -1.12. The van der Waals surface area contributed by atoms with Crippen molar-refractivity contribution < 1.29 is 29.3 Å². The number of hydrogen-bond acceptors (Lipinski definition) is 6. The molecule has 208 valence electrons. The van der Waals surface area contributed by atoms with Crippen molar-refractivity contribution in [3.8, 4) is 5.75 Å². The van der Waals surface area contributed by atoms with E-state index in [1.54, 1.807) is 32.9 Å². The molecule has 0 saturated heterocycles. The minimum Gasteiger partial charge on any atom is -0.508 e. The Kier molecular flexibility index (Phi) is 9.92. The van der Waals surface area contributed by atoms with Gasteiger partial charge in [-0.05, 0) is 83.7 Å². The van der Waals surface area contributed by atoms with Crippen molar-refractivity contribution in [1.29, 1.82) is 0 Å². The molecule has 0 heterocycles. The first-order valence-electron chi connectivity index (χ1n) is 12.7. The third-order valence-corrected chi connectivity index (χ3v) is 6.37. The number of ether oxygens (including phenoxy) is 1. The van der Waals surface area contributed by atoms with Crippen LogP contribution in [-0.4, -0.2) is 56.8 Å². The maximum atomic E-state index is 14.0. The fourth-order valence-electron chi connectivity index (χ4n) is 4.03. The van der Waals surface area contributed by atoms with Crippen LogP contribution in [0.1, 0.15) is 70.7 Å². The van der Waals surface area contributed by atoms with Crippen molar-refractivity contribution in [2.45, 2.75) is 85.0 Å². The monoisotopic (exact) mass is 527 g/mol. The van der Waals surface area contributed by atoms with E-state index in [1.807, 2.05) is 52.8 Å². The molecule has 38 heavy (non-hydrogen) atoms. The predicted octanol–water partition coefficient (Wildman–Crippen LogP) is 4.59. The maximum absolute atomic E-state index is 14.0. The van der Waals surface area contributed by atoms with Gasteiger partial charge in [-0.2, -0.15) is 0 Å². The van der Waals surface area contributed by atoms with E-state index in [-0.39, 0.29) is 5.75 Å². The molecule has 0 aromatic heterocycles. The lowest BCUT2D eigenvalue weighted by molar-refractivity contribution is -0.148. The summed E-state index contributed by atoms with van der Waals surface area (Å²) in [5, 5.41) is 25.4. The van der Waals surface area contributed by atoms with Crippen LogP contribution in [0.2, 0.25) is 0 Å². The number of para-hydroxylation sites is 1. The van der Waals surface area contributed by atoms with Gasteiger partial charge in [-0.3, -0.25) is 9.59 Å². The van der Waals surface area contributed by atoms with Gasteiger partial charge in [0.2, 0.25) is 5.91 Å². The number of aliphatic hydroxyl groups excluding tert-OH is 1. The summed E-state index contributed by atoms with van der Waals surface area (Å²) in [6, 6.07) is 9.18.